The van der Waals surface area contributed by atoms with Crippen molar-refractivity contribution in [3.05, 3.63) is 76.9 Å². The van der Waals surface area contributed by atoms with Gasteiger partial charge in [-0.3, -0.25) is 4.40 Å². The number of para-hydroxylation sites is 2. The molecule has 29 heavy (non-hydrogen) atoms. The first-order valence-corrected chi connectivity index (χ1v) is 9.97. The molecular weight excluding hydrogens is 360 g/mol. The number of pyridine rings is 1. The number of benzene rings is 2. The van der Waals surface area contributed by atoms with E-state index >= 15 is 0 Å². The van der Waals surface area contributed by atoms with Gasteiger partial charge in [0.05, 0.1) is 29.8 Å². The Morgan fingerprint density at radius 1 is 1.03 bits per heavy atom. The summed E-state index contributed by atoms with van der Waals surface area (Å²) in [6.07, 6.45) is 0.774. The topological polar surface area (TPSA) is 53.6 Å². The third kappa shape index (κ3) is 2.93. The van der Waals surface area contributed by atoms with E-state index in [0.29, 0.717) is 18.8 Å². The van der Waals surface area contributed by atoms with Crippen LogP contribution in [0, 0.1) is 18.3 Å². The molecule has 0 bridgehead atoms. The summed E-state index contributed by atoms with van der Waals surface area (Å²) in [5, 5.41) is 10.00. The maximum atomic E-state index is 10.00. The SMILES string of the molecule is Cc1c(Cc2ccccc2)c(N2CCOCC2)n2c(nc3ccccc32)c1C#N. The molecule has 5 rings (SSSR count). The number of fused-ring (bicyclic) bond motifs is 3. The molecule has 1 saturated heterocycles. The third-order valence-corrected chi connectivity index (χ3v) is 5.74. The van der Waals surface area contributed by atoms with Crippen molar-refractivity contribution >= 4 is 22.5 Å². The maximum absolute atomic E-state index is 10.00. The highest BCUT2D eigenvalue weighted by atomic mass is 16.5. The molecule has 4 aromatic rings. The highest BCUT2D eigenvalue weighted by Gasteiger charge is 2.25. The van der Waals surface area contributed by atoms with Gasteiger partial charge in [0.1, 0.15) is 11.9 Å². The fourth-order valence-corrected chi connectivity index (χ4v) is 4.28. The van der Waals surface area contributed by atoms with Gasteiger partial charge in [-0.2, -0.15) is 5.26 Å². The van der Waals surface area contributed by atoms with E-state index in [1.165, 1.54) is 11.1 Å². The number of aromatic nitrogens is 2. The van der Waals surface area contributed by atoms with Gasteiger partial charge in [0.25, 0.3) is 0 Å². The van der Waals surface area contributed by atoms with Crippen LogP contribution in [0.3, 0.4) is 0 Å². The van der Waals surface area contributed by atoms with Gasteiger partial charge in [-0.25, -0.2) is 4.98 Å². The average molecular weight is 382 g/mol. The standard InChI is InChI=1S/C24H22N4O/c1-17-19(15-18-7-3-2-4-8-18)24(27-11-13-29-14-12-27)28-22-10-6-5-9-21(22)26-23(28)20(17)16-25/h2-10H,11-15H2,1H3. The Kier molecular flexibility index (Phi) is 4.42. The van der Waals surface area contributed by atoms with Crippen LogP contribution in [0.2, 0.25) is 0 Å². The molecule has 144 valence electrons. The van der Waals surface area contributed by atoms with Crippen LogP contribution in [-0.2, 0) is 11.2 Å². The lowest BCUT2D eigenvalue weighted by atomic mass is 9.97. The van der Waals surface area contributed by atoms with Crippen LogP contribution in [0.1, 0.15) is 22.3 Å². The van der Waals surface area contributed by atoms with Crippen molar-refractivity contribution in [2.75, 3.05) is 31.2 Å². The van der Waals surface area contributed by atoms with E-state index in [1.807, 2.05) is 24.3 Å². The molecule has 5 nitrogen and oxygen atoms in total. The number of ether oxygens (including phenoxy) is 1. The average Bonchev–Trinajstić information content (AvgIpc) is 3.15. The highest BCUT2D eigenvalue weighted by molar-refractivity contribution is 5.86. The van der Waals surface area contributed by atoms with E-state index < -0.39 is 0 Å². The van der Waals surface area contributed by atoms with Gasteiger partial charge in [0.15, 0.2) is 5.65 Å². The highest BCUT2D eigenvalue weighted by Crippen LogP contribution is 2.34. The molecule has 2 aromatic carbocycles. The molecule has 0 spiro atoms. The Morgan fingerprint density at radius 2 is 1.76 bits per heavy atom. The van der Waals surface area contributed by atoms with Gasteiger partial charge in [0, 0.05) is 25.1 Å². The lowest BCUT2D eigenvalue weighted by Crippen LogP contribution is -2.38. The minimum Gasteiger partial charge on any atom is -0.378 e. The Balaban J connectivity index is 1.86. The number of anilines is 1. The first-order chi connectivity index (χ1) is 14.3. The van der Waals surface area contributed by atoms with E-state index in [2.05, 4.69) is 52.6 Å². The van der Waals surface area contributed by atoms with Crippen molar-refractivity contribution in [3.8, 4) is 6.07 Å². The molecule has 0 N–H and O–H groups in total. The normalized spacial score (nSPS) is 14.4. The van der Waals surface area contributed by atoms with Crippen LogP contribution in [0.4, 0.5) is 5.82 Å². The molecule has 1 aliphatic heterocycles. The second kappa shape index (κ2) is 7.23. The smallest absolute Gasteiger partial charge is 0.157 e. The van der Waals surface area contributed by atoms with Crippen LogP contribution in [-0.4, -0.2) is 35.7 Å². The summed E-state index contributed by atoms with van der Waals surface area (Å²) in [6, 6.07) is 21.0. The molecule has 1 aliphatic rings. The molecule has 0 radical (unpaired) electrons. The number of rotatable bonds is 3. The van der Waals surface area contributed by atoms with E-state index in [-0.39, 0.29) is 0 Å². The summed E-state index contributed by atoms with van der Waals surface area (Å²) in [4.78, 5) is 7.22. The fourth-order valence-electron chi connectivity index (χ4n) is 4.28. The quantitative estimate of drug-likeness (QED) is 0.535. The first kappa shape index (κ1) is 17.7. The number of morpholine rings is 1. The fraction of sp³-hybridized carbons (Fsp3) is 0.250. The molecule has 0 saturated carbocycles. The molecule has 0 amide bonds. The summed E-state index contributed by atoms with van der Waals surface area (Å²) < 4.78 is 7.80. The van der Waals surface area contributed by atoms with E-state index in [1.54, 1.807) is 0 Å². The van der Waals surface area contributed by atoms with Gasteiger partial charge >= 0.3 is 0 Å². The van der Waals surface area contributed by atoms with Crippen LogP contribution >= 0.6 is 0 Å². The van der Waals surface area contributed by atoms with Crippen molar-refractivity contribution in [2.45, 2.75) is 13.3 Å². The van der Waals surface area contributed by atoms with Crippen molar-refractivity contribution in [3.63, 3.8) is 0 Å². The van der Waals surface area contributed by atoms with Crippen LogP contribution in [0.5, 0.6) is 0 Å². The largest absolute Gasteiger partial charge is 0.378 e. The van der Waals surface area contributed by atoms with Crippen LogP contribution < -0.4 is 4.90 Å². The van der Waals surface area contributed by atoms with Crippen molar-refractivity contribution in [2.24, 2.45) is 0 Å². The summed E-state index contributed by atoms with van der Waals surface area (Å²) in [7, 11) is 0. The maximum Gasteiger partial charge on any atom is 0.157 e. The second-order valence-electron chi connectivity index (χ2n) is 7.44. The van der Waals surface area contributed by atoms with Gasteiger partial charge in [-0.15, -0.1) is 0 Å². The van der Waals surface area contributed by atoms with Crippen LogP contribution in [0.25, 0.3) is 16.7 Å². The molecule has 2 aromatic heterocycles. The number of hydrogen-bond donors (Lipinski definition) is 0. The number of nitriles is 1. The molecule has 0 unspecified atom stereocenters. The number of nitrogens with zero attached hydrogens (tertiary/aromatic N) is 4. The van der Waals surface area contributed by atoms with E-state index in [4.69, 9.17) is 9.72 Å². The summed E-state index contributed by atoms with van der Waals surface area (Å²) >= 11 is 0. The van der Waals surface area contributed by atoms with Crippen molar-refractivity contribution < 1.29 is 4.74 Å². The predicted molar refractivity (Wildman–Crippen MR) is 114 cm³/mol. The minimum absolute atomic E-state index is 0.657. The van der Waals surface area contributed by atoms with E-state index in [9.17, 15) is 5.26 Å². The molecule has 1 fully saturated rings. The van der Waals surface area contributed by atoms with Gasteiger partial charge in [-0.05, 0) is 30.2 Å². The summed E-state index contributed by atoms with van der Waals surface area (Å²) in [5.41, 5.74) is 6.78. The Labute approximate surface area is 169 Å². The zero-order valence-electron chi connectivity index (χ0n) is 16.4. The Bertz CT molecular complexity index is 1230. The van der Waals surface area contributed by atoms with Gasteiger partial charge < -0.3 is 9.64 Å². The number of hydrogen-bond acceptors (Lipinski definition) is 4. The monoisotopic (exact) mass is 382 g/mol. The van der Waals surface area contributed by atoms with Crippen LogP contribution in [0.15, 0.2) is 54.6 Å². The molecule has 5 heteroatoms. The van der Waals surface area contributed by atoms with Crippen molar-refractivity contribution in [1.82, 2.24) is 9.38 Å². The van der Waals surface area contributed by atoms with Gasteiger partial charge in [-0.1, -0.05) is 42.5 Å². The number of imidazole rings is 1. The molecular formula is C24H22N4O. The Hall–Kier alpha value is -3.36. The minimum atomic E-state index is 0.657. The van der Waals surface area contributed by atoms with Gasteiger partial charge in [0.2, 0.25) is 0 Å². The lowest BCUT2D eigenvalue weighted by Gasteiger charge is -2.32. The zero-order valence-corrected chi connectivity index (χ0v) is 16.4. The molecule has 0 atom stereocenters. The summed E-state index contributed by atoms with van der Waals surface area (Å²) in [5.74, 6) is 1.14. The Morgan fingerprint density at radius 3 is 2.52 bits per heavy atom. The zero-order chi connectivity index (χ0) is 19.8. The third-order valence-electron chi connectivity index (χ3n) is 5.74. The predicted octanol–water partition coefficient (Wildman–Crippen LogP) is 4.10. The van der Waals surface area contributed by atoms with E-state index in [0.717, 1.165) is 47.6 Å². The second-order valence-corrected chi connectivity index (χ2v) is 7.44. The van der Waals surface area contributed by atoms with Crippen molar-refractivity contribution in [1.29, 1.82) is 5.26 Å². The molecule has 0 aliphatic carbocycles. The lowest BCUT2D eigenvalue weighted by molar-refractivity contribution is 0.122. The molecule has 3 heterocycles. The first-order valence-electron chi connectivity index (χ1n) is 9.97. The summed E-state index contributed by atoms with van der Waals surface area (Å²) in [6.45, 7) is 5.12.